The number of morpholine rings is 1. The topological polar surface area (TPSA) is 109 Å². The van der Waals surface area contributed by atoms with Crippen LogP contribution in [0.5, 0.6) is 0 Å². The van der Waals surface area contributed by atoms with Gasteiger partial charge in [-0.1, -0.05) is 13.8 Å². The molecule has 10 nitrogen and oxygen atoms in total. The van der Waals surface area contributed by atoms with Gasteiger partial charge in [-0.15, -0.1) is 0 Å². The lowest BCUT2D eigenvalue weighted by Crippen LogP contribution is -2.37. The van der Waals surface area contributed by atoms with E-state index in [2.05, 4.69) is 44.1 Å². The van der Waals surface area contributed by atoms with Gasteiger partial charge >= 0.3 is 0 Å². The lowest BCUT2D eigenvalue weighted by Gasteiger charge is -2.27. The molecule has 156 valence electrons. The molecule has 4 aromatic rings. The van der Waals surface area contributed by atoms with Gasteiger partial charge in [0.15, 0.2) is 11.3 Å². The third kappa shape index (κ3) is 3.32. The standard InChI is InChI=1S/C20H25N9O/c1-12(2)14-10-23-29-18(14)26-20(28-6-8-30-9-7-28)27-19(29)22-11-15-24-16-13(3)4-5-21-17(16)25-15/h4-5,10,12H,6-9,11H2,1-3H3,(H,21,24,25)(H,22,26,27). The van der Waals surface area contributed by atoms with E-state index in [1.807, 2.05) is 19.2 Å². The number of anilines is 2. The first kappa shape index (κ1) is 18.7. The SMILES string of the molecule is Cc1ccnc2nc(CNc3nc(N4CCOCC4)nc4c(C(C)C)cnn34)[nH]c12. The Balaban J connectivity index is 1.50. The molecule has 1 aliphatic heterocycles. The van der Waals surface area contributed by atoms with Crippen molar-refractivity contribution >= 4 is 28.7 Å². The van der Waals surface area contributed by atoms with Crippen LogP contribution in [0, 0.1) is 6.92 Å². The van der Waals surface area contributed by atoms with Gasteiger partial charge in [0.1, 0.15) is 5.82 Å². The molecule has 30 heavy (non-hydrogen) atoms. The smallest absolute Gasteiger partial charge is 0.230 e. The number of ether oxygens (including phenoxy) is 1. The van der Waals surface area contributed by atoms with Crippen molar-refractivity contribution in [2.24, 2.45) is 0 Å². The van der Waals surface area contributed by atoms with E-state index in [1.54, 1.807) is 10.7 Å². The number of nitrogens with zero attached hydrogens (tertiary/aromatic N) is 7. The number of imidazole rings is 1. The van der Waals surface area contributed by atoms with Gasteiger partial charge in [0, 0.05) is 24.8 Å². The summed E-state index contributed by atoms with van der Waals surface area (Å²) in [6.07, 6.45) is 3.65. The van der Waals surface area contributed by atoms with E-state index in [-0.39, 0.29) is 0 Å². The number of hydrogen-bond acceptors (Lipinski definition) is 8. The zero-order valence-electron chi connectivity index (χ0n) is 17.4. The van der Waals surface area contributed by atoms with E-state index in [0.717, 1.165) is 46.9 Å². The number of aryl methyl sites for hydroxylation is 1. The first-order valence-corrected chi connectivity index (χ1v) is 10.2. The molecule has 5 heterocycles. The van der Waals surface area contributed by atoms with Crippen molar-refractivity contribution in [2.45, 2.75) is 33.2 Å². The van der Waals surface area contributed by atoms with Crippen LogP contribution in [0.4, 0.5) is 11.9 Å². The van der Waals surface area contributed by atoms with Crippen LogP contribution >= 0.6 is 0 Å². The van der Waals surface area contributed by atoms with Gasteiger partial charge < -0.3 is 19.9 Å². The summed E-state index contributed by atoms with van der Waals surface area (Å²) in [5.41, 5.74) is 4.71. The summed E-state index contributed by atoms with van der Waals surface area (Å²) in [5, 5.41) is 7.92. The zero-order chi connectivity index (χ0) is 20.7. The highest BCUT2D eigenvalue weighted by molar-refractivity contribution is 5.74. The maximum Gasteiger partial charge on any atom is 0.230 e. The number of pyridine rings is 1. The largest absolute Gasteiger partial charge is 0.378 e. The van der Waals surface area contributed by atoms with Gasteiger partial charge in [-0.3, -0.25) is 0 Å². The third-order valence-corrected chi connectivity index (χ3v) is 5.36. The number of rotatable bonds is 5. The summed E-state index contributed by atoms with van der Waals surface area (Å²) in [7, 11) is 0. The van der Waals surface area contributed by atoms with Crippen LogP contribution in [-0.2, 0) is 11.3 Å². The molecule has 5 rings (SSSR count). The fourth-order valence-corrected chi connectivity index (χ4v) is 3.64. The molecule has 4 aromatic heterocycles. The van der Waals surface area contributed by atoms with Crippen LogP contribution in [0.25, 0.3) is 16.8 Å². The van der Waals surface area contributed by atoms with Crippen molar-refractivity contribution in [3.05, 3.63) is 35.4 Å². The van der Waals surface area contributed by atoms with Crippen molar-refractivity contribution in [3.63, 3.8) is 0 Å². The van der Waals surface area contributed by atoms with Crippen molar-refractivity contribution in [3.8, 4) is 0 Å². The average Bonchev–Trinajstić information content (AvgIpc) is 3.37. The number of aromatic nitrogens is 7. The van der Waals surface area contributed by atoms with Crippen LogP contribution in [-0.4, -0.2) is 60.8 Å². The second-order valence-electron chi connectivity index (χ2n) is 7.80. The van der Waals surface area contributed by atoms with Crippen LogP contribution in [0.1, 0.15) is 36.7 Å². The number of nitrogens with one attached hydrogen (secondary N) is 2. The van der Waals surface area contributed by atoms with Crippen molar-refractivity contribution < 1.29 is 4.74 Å². The Labute approximate surface area is 173 Å². The second kappa shape index (κ2) is 7.52. The Morgan fingerprint density at radius 3 is 2.80 bits per heavy atom. The number of hydrogen-bond donors (Lipinski definition) is 2. The second-order valence-corrected chi connectivity index (χ2v) is 7.80. The average molecular weight is 407 g/mol. The van der Waals surface area contributed by atoms with Crippen LogP contribution in [0.3, 0.4) is 0 Å². The molecule has 0 bridgehead atoms. The quantitative estimate of drug-likeness (QED) is 0.519. The third-order valence-electron chi connectivity index (χ3n) is 5.36. The first-order valence-electron chi connectivity index (χ1n) is 10.2. The number of aromatic amines is 1. The van der Waals surface area contributed by atoms with E-state index in [0.29, 0.717) is 37.6 Å². The van der Waals surface area contributed by atoms with Crippen molar-refractivity contribution in [2.75, 3.05) is 36.5 Å². The van der Waals surface area contributed by atoms with Gasteiger partial charge in [-0.05, 0) is 24.5 Å². The molecule has 0 amide bonds. The van der Waals surface area contributed by atoms with Crippen LogP contribution in [0.2, 0.25) is 0 Å². The molecule has 0 radical (unpaired) electrons. The fraction of sp³-hybridized carbons (Fsp3) is 0.450. The van der Waals surface area contributed by atoms with E-state index >= 15 is 0 Å². The summed E-state index contributed by atoms with van der Waals surface area (Å²) in [4.78, 5) is 24.0. The Morgan fingerprint density at radius 2 is 2.03 bits per heavy atom. The zero-order valence-corrected chi connectivity index (χ0v) is 17.4. The fourth-order valence-electron chi connectivity index (χ4n) is 3.64. The van der Waals surface area contributed by atoms with E-state index in [4.69, 9.17) is 14.7 Å². The van der Waals surface area contributed by atoms with E-state index in [1.165, 1.54) is 0 Å². The summed E-state index contributed by atoms with van der Waals surface area (Å²) >= 11 is 0. The van der Waals surface area contributed by atoms with Crippen LogP contribution in [0.15, 0.2) is 18.5 Å². The molecular formula is C20H25N9O. The first-order chi connectivity index (χ1) is 14.6. The minimum atomic E-state index is 0.312. The Morgan fingerprint density at radius 1 is 1.20 bits per heavy atom. The van der Waals surface area contributed by atoms with Gasteiger partial charge in [0.05, 0.1) is 31.5 Å². The van der Waals surface area contributed by atoms with Gasteiger partial charge in [0.2, 0.25) is 11.9 Å². The minimum absolute atomic E-state index is 0.312. The highest BCUT2D eigenvalue weighted by Crippen LogP contribution is 2.24. The summed E-state index contributed by atoms with van der Waals surface area (Å²) < 4.78 is 7.25. The van der Waals surface area contributed by atoms with Gasteiger partial charge in [-0.2, -0.15) is 19.6 Å². The van der Waals surface area contributed by atoms with E-state index in [9.17, 15) is 0 Å². The lowest BCUT2D eigenvalue weighted by atomic mass is 10.1. The monoisotopic (exact) mass is 407 g/mol. The predicted octanol–water partition coefficient (Wildman–Crippen LogP) is 2.28. The highest BCUT2D eigenvalue weighted by Gasteiger charge is 2.20. The molecule has 0 saturated carbocycles. The van der Waals surface area contributed by atoms with Gasteiger partial charge in [0.25, 0.3) is 0 Å². The molecule has 0 aromatic carbocycles. The molecule has 0 spiro atoms. The molecular weight excluding hydrogens is 382 g/mol. The number of fused-ring (bicyclic) bond motifs is 2. The van der Waals surface area contributed by atoms with Gasteiger partial charge in [-0.25, -0.2) is 9.97 Å². The molecule has 1 saturated heterocycles. The molecule has 1 aliphatic rings. The maximum atomic E-state index is 5.48. The molecule has 2 N–H and O–H groups in total. The summed E-state index contributed by atoms with van der Waals surface area (Å²) in [6.45, 7) is 9.71. The van der Waals surface area contributed by atoms with E-state index < -0.39 is 0 Å². The Hall–Kier alpha value is -3.27. The van der Waals surface area contributed by atoms with Crippen LogP contribution < -0.4 is 10.2 Å². The number of H-pyrrole nitrogens is 1. The molecule has 0 atom stereocenters. The molecule has 0 aliphatic carbocycles. The predicted molar refractivity (Wildman–Crippen MR) is 114 cm³/mol. The maximum absolute atomic E-state index is 5.48. The highest BCUT2D eigenvalue weighted by atomic mass is 16.5. The minimum Gasteiger partial charge on any atom is -0.378 e. The summed E-state index contributed by atoms with van der Waals surface area (Å²) in [6, 6.07) is 1.97. The Bertz CT molecular complexity index is 1190. The normalized spacial score (nSPS) is 14.9. The summed E-state index contributed by atoms with van der Waals surface area (Å²) in [5.74, 6) is 2.44. The molecule has 1 fully saturated rings. The van der Waals surface area contributed by atoms with Crippen molar-refractivity contribution in [1.82, 2.24) is 34.5 Å². The Kier molecular flexibility index (Phi) is 4.70. The molecule has 0 unspecified atom stereocenters. The molecule has 10 heteroatoms. The van der Waals surface area contributed by atoms with Crippen molar-refractivity contribution in [1.29, 1.82) is 0 Å². The lowest BCUT2D eigenvalue weighted by molar-refractivity contribution is 0.122.